The number of anilines is 1. The van der Waals surface area contributed by atoms with Gasteiger partial charge in [-0.05, 0) is 36.8 Å². The highest BCUT2D eigenvalue weighted by atomic mass is 19.1. The first-order valence-corrected chi connectivity index (χ1v) is 6.32. The van der Waals surface area contributed by atoms with E-state index in [4.69, 9.17) is 5.73 Å². The second-order valence-corrected chi connectivity index (χ2v) is 4.35. The molecule has 1 aromatic carbocycles. The molecule has 1 amide bonds. The van der Waals surface area contributed by atoms with Gasteiger partial charge < -0.3 is 11.1 Å². The third-order valence-electron chi connectivity index (χ3n) is 2.78. The van der Waals surface area contributed by atoms with Gasteiger partial charge in [0.25, 0.3) is 5.91 Å². The van der Waals surface area contributed by atoms with Gasteiger partial charge in [-0.15, -0.1) is 0 Å². The lowest BCUT2D eigenvalue weighted by Gasteiger charge is -2.06. The highest BCUT2D eigenvalue weighted by molar-refractivity contribution is 6.02. The van der Waals surface area contributed by atoms with Crippen LogP contribution in [0.4, 0.5) is 10.1 Å². The highest BCUT2D eigenvalue weighted by Crippen LogP contribution is 2.15. The van der Waals surface area contributed by atoms with E-state index in [2.05, 4.69) is 22.1 Å². The maximum absolute atomic E-state index is 12.8. The Morgan fingerprint density at radius 3 is 2.86 bits per heavy atom. The zero-order valence-corrected chi connectivity index (χ0v) is 11.5. The topological polar surface area (TPSA) is 68.0 Å². The van der Waals surface area contributed by atoms with Gasteiger partial charge in [0, 0.05) is 11.3 Å². The van der Waals surface area contributed by atoms with Gasteiger partial charge in [-0.1, -0.05) is 17.9 Å². The lowest BCUT2D eigenvalue weighted by atomic mass is 10.1. The van der Waals surface area contributed by atoms with Crippen LogP contribution >= 0.6 is 0 Å². The van der Waals surface area contributed by atoms with E-state index in [1.54, 1.807) is 12.1 Å². The fourth-order valence-electron chi connectivity index (χ4n) is 1.69. The molecule has 0 aliphatic rings. The molecule has 1 aromatic heterocycles. The minimum absolute atomic E-state index is 0.145. The van der Waals surface area contributed by atoms with Crippen molar-refractivity contribution in [2.24, 2.45) is 5.73 Å². The summed E-state index contributed by atoms with van der Waals surface area (Å²) < 4.78 is 12.8. The number of amides is 1. The Hall–Kier alpha value is -2.71. The number of aryl methyl sites for hydroxylation is 1. The quantitative estimate of drug-likeness (QED) is 0.829. The largest absolute Gasteiger partial charge is 0.321 e. The number of pyridine rings is 1. The number of nitrogens with zero attached hydrogens (tertiary/aromatic N) is 1. The molecule has 5 heteroatoms. The molecule has 1 heterocycles. The molecule has 0 saturated carbocycles. The predicted molar refractivity (Wildman–Crippen MR) is 79.3 cm³/mol. The fraction of sp³-hybridized carbons (Fsp3) is 0.125. The molecular weight excluding hydrogens is 269 g/mol. The van der Waals surface area contributed by atoms with Gasteiger partial charge in [0.1, 0.15) is 11.5 Å². The van der Waals surface area contributed by atoms with Crippen LogP contribution in [0, 0.1) is 24.6 Å². The molecule has 106 valence electrons. The molecule has 0 aliphatic heterocycles. The molecule has 2 rings (SSSR count). The second-order valence-electron chi connectivity index (χ2n) is 4.35. The van der Waals surface area contributed by atoms with Crippen molar-refractivity contribution in [1.29, 1.82) is 0 Å². The van der Waals surface area contributed by atoms with Crippen molar-refractivity contribution in [2.45, 2.75) is 6.92 Å². The molecule has 0 aliphatic carbocycles. The molecule has 0 spiro atoms. The zero-order valence-electron chi connectivity index (χ0n) is 11.5. The van der Waals surface area contributed by atoms with Crippen molar-refractivity contribution in [1.82, 2.24) is 4.98 Å². The summed E-state index contributed by atoms with van der Waals surface area (Å²) in [5, 5.41) is 2.70. The first-order chi connectivity index (χ1) is 10.1. The molecule has 2 aromatic rings. The summed E-state index contributed by atoms with van der Waals surface area (Å²) in [7, 11) is 0. The Morgan fingerprint density at radius 1 is 1.38 bits per heavy atom. The molecule has 3 N–H and O–H groups in total. The molecule has 4 nitrogen and oxygen atoms in total. The van der Waals surface area contributed by atoms with Crippen LogP contribution in [0.2, 0.25) is 0 Å². The summed E-state index contributed by atoms with van der Waals surface area (Å²) in [6.07, 6.45) is 1.00. The summed E-state index contributed by atoms with van der Waals surface area (Å²) in [5.41, 5.74) is 7.88. The Labute approximate surface area is 122 Å². The van der Waals surface area contributed by atoms with Gasteiger partial charge in [0.2, 0.25) is 0 Å². The number of rotatable bonds is 2. The van der Waals surface area contributed by atoms with Crippen molar-refractivity contribution in [2.75, 3.05) is 11.9 Å². The van der Waals surface area contributed by atoms with E-state index in [1.807, 2.05) is 13.0 Å². The van der Waals surface area contributed by atoms with Crippen molar-refractivity contribution < 1.29 is 9.18 Å². The van der Waals surface area contributed by atoms with Crippen molar-refractivity contribution in [3.63, 3.8) is 0 Å². The summed E-state index contributed by atoms with van der Waals surface area (Å²) in [6, 6.07) is 7.90. The van der Waals surface area contributed by atoms with Crippen LogP contribution in [-0.2, 0) is 0 Å². The molecule has 0 fully saturated rings. The number of benzene rings is 1. The van der Waals surface area contributed by atoms with Crippen molar-refractivity contribution in [3.05, 3.63) is 59.2 Å². The van der Waals surface area contributed by atoms with Crippen LogP contribution < -0.4 is 11.1 Å². The van der Waals surface area contributed by atoms with Gasteiger partial charge in [0.15, 0.2) is 0 Å². The van der Waals surface area contributed by atoms with Crippen molar-refractivity contribution in [3.8, 4) is 11.8 Å². The molecule has 0 unspecified atom stereocenters. The second kappa shape index (κ2) is 6.64. The molecule has 0 saturated heterocycles. The van der Waals surface area contributed by atoms with Gasteiger partial charge in [-0.3, -0.25) is 4.79 Å². The van der Waals surface area contributed by atoms with Gasteiger partial charge in [-0.2, -0.15) is 0 Å². The third-order valence-corrected chi connectivity index (χ3v) is 2.78. The van der Waals surface area contributed by atoms with Crippen LogP contribution in [0.15, 0.2) is 36.5 Å². The minimum atomic E-state index is -0.485. The fourth-order valence-corrected chi connectivity index (χ4v) is 1.69. The van der Waals surface area contributed by atoms with E-state index >= 15 is 0 Å². The Balaban J connectivity index is 2.19. The lowest BCUT2D eigenvalue weighted by Crippen LogP contribution is -2.13. The van der Waals surface area contributed by atoms with E-state index < -0.39 is 11.7 Å². The average Bonchev–Trinajstić information content (AvgIpc) is 2.48. The number of hydrogen-bond donors (Lipinski definition) is 2. The Bertz CT molecular complexity index is 715. The van der Waals surface area contributed by atoms with E-state index in [0.717, 1.165) is 17.3 Å². The Morgan fingerprint density at radius 2 is 2.19 bits per heavy atom. The van der Waals surface area contributed by atoms with Gasteiger partial charge >= 0.3 is 0 Å². The van der Waals surface area contributed by atoms with E-state index in [0.29, 0.717) is 5.69 Å². The number of carbonyl (C=O) groups excluding carboxylic acids is 1. The summed E-state index contributed by atoms with van der Waals surface area (Å²) in [6.45, 7) is 2.20. The lowest BCUT2D eigenvalue weighted by molar-refractivity contribution is 0.102. The summed E-state index contributed by atoms with van der Waals surface area (Å²) in [4.78, 5) is 15.7. The minimum Gasteiger partial charge on any atom is -0.321 e. The maximum atomic E-state index is 12.8. The molecule has 0 radical (unpaired) electrons. The molecule has 0 atom stereocenters. The van der Waals surface area contributed by atoms with Crippen LogP contribution in [0.1, 0.15) is 21.6 Å². The maximum Gasteiger partial charge on any atom is 0.274 e. The zero-order chi connectivity index (χ0) is 15.2. The Kier molecular flexibility index (Phi) is 4.64. The van der Waals surface area contributed by atoms with E-state index in [-0.39, 0.29) is 12.2 Å². The number of nitrogens with one attached hydrogen (secondary N) is 1. The first-order valence-electron chi connectivity index (χ1n) is 6.32. The molecule has 21 heavy (non-hydrogen) atoms. The van der Waals surface area contributed by atoms with Gasteiger partial charge in [-0.25, -0.2) is 9.37 Å². The van der Waals surface area contributed by atoms with Crippen LogP contribution in [0.25, 0.3) is 0 Å². The summed E-state index contributed by atoms with van der Waals surface area (Å²) >= 11 is 0. The van der Waals surface area contributed by atoms with Crippen LogP contribution in [0.5, 0.6) is 0 Å². The summed E-state index contributed by atoms with van der Waals surface area (Å²) in [5.74, 6) is 4.83. The highest BCUT2D eigenvalue weighted by Gasteiger charge is 2.08. The first kappa shape index (κ1) is 14.7. The number of hydrogen-bond acceptors (Lipinski definition) is 3. The van der Waals surface area contributed by atoms with Crippen molar-refractivity contribution >= 4 is 11.6 Å². The number of halogens is 1. The van der Waals surface area contributed by atoms with E-state index in [9.17, 15) is 9.18 Å². The standard InChI is InChI=1S/C16H14FN3O/c1-11-4-6-14(9-12(11)3-2-8-18)20-16(21)15-7-5-13(17)10-19-15/h4-7,9-10H,8,18H2,1H3,(H,20,21). The normalized spacial score (nSPS) is 9.67. The van der Waals surface area contributed by atoms with Crippen LogP contribution in [0.3, 0.4) is 0 Å². The van der Waals surface area contributed by atoms with E-state index in [1.165, 1.54) is 12.1 Å². The SMILES string of the molecule is Cc1ccc(NC(=O)c2ccc(F)cn2)cc1C#CCN. The van der Waals surface area contributed by atoms with Crippen LogP contribution in [-0.4, -0.2) is 17.4 Å². The molecule has 0 bridgehead atoms. The number of carbonyl (C=O) groups is 1. The molecular formula is C16H14FN3O. The third kappa shape index (κ3) is 3.88. The number of aromatic nitrogens is 1. The van der Waals surface area contributed by atoms with Gasteiger partial charge in [0.05, 0.1) is 12.7 Å². The average molecular weight is 283 g/mol. The predicted octanol–water partition coefficient (Wildman–Crippen LogP) is 2.09. The monoisotopic (exact) mass is 283 g/mol. The number of nitrogens with two attached hydrogens (primary N) is 1. The smallest absolute Gasteiger partial charge is 0.274 e.